The number of methoxy groups -OCH3 is 1. The second-order valence-electron chi connectivity index (χ2n) is 4.56. The number of hydrogen-bond donors (Lipinski definition) is 2. The minimum Gasteiger partial charge on any atom is -0.508 e. The van der Waals surface area contributed by atoms with Gasteiger partial charge in [-0.25, -0.2) is 0 Å². The first-order chi connectivity index (χ1) is 9.20. The molecule has 2 rings (SSSR count). The molecule has 1 atom stereocenters. The molecule has 0 saturated heterocycles. The molecule has 3 heteroatoms. The summed E-state index contributed by atoms with van der Waals surface area (Å²) in [6.07, 6.45) is 0. The first-order valence-corrected chi connectivity index (χ1v) is 6.30. The Balaban J connectivity index is 2.21. The van der Waals surface area contributed by atoms with Crippen molar-refractivity contribution in [3.63, 3.8) is 0 Å². The molecule has 100 valence electrons. The summed E-state index contributed by atoms with van der Waals surface area (Å²) in [5, 5.41) is 12.9. The third kappa shape index (κ3) is 3.48. The van der Waals surface area contributed by atoms with Crippen molar-refractivity contribution in [3.8, 4) is 5.75 Å². The zero-order chi connectivity index (χ0) is 13.7. The molecule has 2 N–H and O–H groups in total. The van der Waals surface area contributed by atoms with Crippen LogP contribution in [-0.2, 0) is 4.74 Å². The summed E-state index contributed by atoms with van der Waals surface area (Å²) in [4.78, 5) is 0. The summed E-state index contributed by atoms with van der Waals surface area (Å²) in [6.45, 7) is 2.56. The average Bonchev–Trinajstić information content (AvgIpc) is 2.42. The van der Waals surface area contributed by atoms with Gasteiger partial charge in [-0.3, -0.25) is 0 Å². The van der Waals surface area contributed by atoms with E-state index < -0.39 is 0 Å². The highest BCUT2D eigenvalue weighted by atomic mass is 16.5. The number of anilines is 1. The molecule has 0 saturated carbocycles. The van der Waals surface area contributed by atoms with E-state index >= 15 is 0 Å². The lowest BCUT2D eigenvalue weighted by Gasteiger charge is -2.21. The second kappa shape index (κ2) is 6.25. The van der Waals surface area contributed by atoms with Crippen LogP contribution >= 0.6 is 0 Å². The fraction of sp³-hybridized carbons (Fsp3) is 0.250. The number of ether oxygens (including phenoxy) is 1. The van der Waals surface area contributed by atoms with E-state index in [0.717, 1.165) is 11.3 Å². The molecule has 2 aromatic rings. The van der Waals surface area contributed by atoms with Crippen LogP contribution in [0.5, 0.6) is 5.75 Å². The molecule has 0 aliphatic rings. The molecule has 0 aromatic heterocycles. The van der Waals surface area contributed by atoms with Gasteiger partial charge in [-0.15, -0.1) is 0 Å². The molecule has 0 spiro atoms. The molecular formula is C16H19NO2. The van der Waals surface area contributed by atoms with Gasteiger partial charge in [0.25, 0.3) is 0 Å². The number of benzene rings is 2. The summed E-state index contributed by atoms with van der Waals surface area (Å²) >= 11 is 0. The van der Waals surface area contributed by atoms with Crippen molar-refractivity contribution >= 4 is 5.69 Å². The Bertz CT molecular complexity index is 526. The first kappa shape index (κ1) is 13.4. The molecule has 0 bridgehead atoms. The predicted molar refractivity (Wildman–Crippen MR) is 77.5 cm³/mol. The van der Waals surface area contributed by atoms with Gasteiger partial charge in [0.15, 0.2) is 0 Å². The van der Waals surface area contributed by atoms with Gasteiger partial charge in [0.05, 0.1) is 12.6 Å². The maximum atomic E-state index is 9.44. The maximum absolute atomic E-state index is 9.44. The fourth-order valence-corrected chi connectivity index (χ4v) is 2.07. The van der Waals surface area contributed by atoms with Gasteiger partial charge >= 0.3 is 0 Å². The van der Waals surface area contributed by atoms with E-state index in [1.807, 2.05) is 31.2 Å². The Morgan fingerprint density at radius 2 is 1.89 bits per heavy atom. The van der Waals surface area contributed by atoms with E-state index in [9.17, 15) is 5.11 Å². The molecule has 0 radical (unpaired) electrons. The molecular weight excluding hydrogens is 238 g/mol. The Labute approximate surface area is 113 Å². The van der Waals surface area contributed by atoms with Crippen molar-refractivity contribution in [3.05, 3.63) is 59.7 Å². The highest BCUT2D eigenvalue weighted by Crippen LogP contribution is 2.25. The smallest absolute Gasteiger partial charge is 0.115 e. The van der Waals surface area contributed by atoms with Crippen LogP contribution in [0.1, 0.15) is 17.2 Å². The van der Waals surface area contributed by atoms with Crippen molar-refractivity contribution in [2.45, 2.75) is 13.0 Å². The molecule has 0 aliphatic carbocycles. The van der Waals surface area contributed by atoms with Gasteiger partial charge in [-0.05, 0) is 36.2 Å². The van der Waals surface area contributed by atoms with Gasteiger partial charge in [0.1, 0.15) is 5.75 Å². The zero-order valence-electron chi connectivity index (χ0n) is 11.3. The number of phenolic OH excluding ortho intramolecular Hbond substituents is 1. The van der Waals surface area contributed by atoms with Gasteiger partial charge in [0, 0.05) is 12.8 Å². The summed E-state index contributed by atoms with van der Waals surface area (Å²) in [5.74, 6) is 0.283. The second-order valence-corrected chi connectivity index (χ2v) is 4.56. The lowest BCUT2D eigenvalue weighted by molar-refractivity contribution is 0.186. The van der Waals surface area contributed by atoms with Crippen molar-refractivity contribution in [1.29, 1.82) is 0 Å². The van der Waals surface area contributed by atoms with Crippen LogP contribution in [0.3, 0.4) is 0 Å². The number of aryl methyl sites for hydroxylation is 1. The van der Waals surface area contributed by atoms with E-state index in [4.69, 9.17) is 4.74 Å². The molecule has 1 unspecified atom stereocenters. The summed E-state index contributed by atoms with van der Waals surface area (Å²) < 4.78 is 5.28. The third-order valence-electron chi connectivity index (χ3n) is 3.07. The maximum Gasteiger partial charge on any atom is 0.115 e. The summed E-state index contributed by atoms with van der Waals surface area (Å²) in [5.41, 5.74) is 3.19. The molecule has 0 fully saturated rings. The quantitative estimate of drug-likeness (QED) is 0.805. The number of aromatic hydroxyl groups is 1. The van der Waals surface area contributed by atoms with Crippen molar-refractivity contribution in [2.24, 2.45) is 0 Å². The van der Waals surface area contributed by atoms with Gasteiger partial charge in [0.2, 0.25) is 0 Å². The number of hydrogen-bond acceptors (Lipinski definition) is 3. The van der Waals surface area contributed by atoms with E-state index in [-0.39, 0.29) is 11.8 Å². The molecule has 0 heterocycles. The van der Waals surface area contributed by atoms with Crippen LogP contribution in [-0.4, -0.2) is 18.8 Å². The summed E-state index contributed by atoms with van der Waals surface area (Å²) in [7, 11) is 1.70. The van der Waals surface area contributed by atoms with Gasteiger partial charge in [-0.1, -0.05) is 30.3 Å². The first-order valence-electron chi connectivity index (χ1n) is 6.30. The minimum atomic E-state index is 0.0921. The molecule has 2 aromatic carbocycles. The fourth-order valence-electron chi connectivity index (χ4n) is 2.07. The molecule has 19 heavy (non-hydrogen) atoms. The highest BCUT2D eigenvalue weighted by molar-refractivity contribution is 5.54. The zero-order valence-corrected chi connectivity index (χ0v) is 11.3. The van der Waals surface area contributed by atoms with E-state index in [0.29, 0.717) is 6.61 Å². The summed E-state index contributed by atoms with van der Waals surface area (Å²) in [6, 6.07) is 15.6. The lowest BCUT2D eigenvalue weighted by Crippen LogP contribution is -2.16. The topological polar surface area (TPSA) is 41.5 Å². The monoisotopic (exact) mass is 257 g/mol. The Morgan fingerprint density at radius 1 is 1.16 bits per heavy atom. The molecule has 3 nitrogen and oxygen atoms in total. The van der Waals surface area contributed by atoms with Crippen molar-refractivity contribution in [1.82, 2.24) is 0 Å². The molecule has 0 aliphatic heterocycles. The highest BCUT2D eigenvalue weighted by Gasteiger charge is 2.12. The van der Waals surface area contributed by atoms with Crippen LogP contribution in [0.2, 0.25) is 0 Å². The predicted octanol–water partition coefficient (Wildman–Crippen LogP) is 3.50. The normalized spacial score (nSPS) is 12.1. The van der Waals surface area contributed by atoms with Crippen LogP contribution in [0.15, 0.2) is 48.5 Å². The lowest BCUT2D eigenvalue weighted by atomic mass is 10.1. The van der Waals surface area contributed by atoms with Crippen molar-refractivity contribution in [2.75, 3.05) is 19.0 Å². The Kier molecular flexibility index (Phi) is 4.42. The number of nitrogens with one attached hydrogen (secondary N) is 1. The van der Waals surface area contributed by atoms with Crippen LogP contribution < -0.4 is 5.32 Å². The minimum absolute atomic E-state index is 0.0921. The Hall–Kier alpha value is -2.00. The van der Waals surface area contributed by atoms with E-state index in [1.54, 1.807) is 19.2 Å². The van der Waals surface area contributed by atoms with Gasteiger partial charge in [-0.2, -0.15) is 0 Å². The third-order valence-corrected chi connectivity index (χ3v) is 3.07. The SMILES string of the molecule is COCC(Nc1ccc(O)cc1C)c1ccccc1. The average molecular weight is 257 g/mol. The van der Waals surface area contributed by atoms with Crippen LogP contribution in [0, 0.1) is 6.92 Å². The van der Waals surface area contributed by atoms with Crippen LogP contribution in [0.25, 0.3) is 0 Å². The Morgan fingerprint density at radius 3 is 2.53 bits per heavy atom. The van der Waals surface area contributed by atoms with E-state index in [1.165, 1.54) is 5.56 Å². The molecule has 0 amide bonds. The van der Waals surface area contributed by atoms with E-state index in [2.05, 4.69) is 17.4 Å². The van der Waals surface area contributed by atoms with Crippen LogP contribution in [0.4, 0.5) is 5.69 Å². The van der Waals surface area contributed by atoms with Crippen molar-refractivity contribution < 1.29 is 9.84 Å². The largest absolute Gasteiger partial charge is 0.508 e. The van der Waals surface area contributed by atoms with Gasteiger partial charge < -0.3 is 15.2 Å². The number of rotatable bonds is 5. The number of phenols is 1. The standard InChI is InChI=1S/C16H19NO2/c1-12-10-14(18)8-9-15(12)17-16(11-19-2)13-6-4-3-5-7-13/h3-10,16-18H,11H2,1-2H3.